The molecule has 3 rings (SSSR count). The van der Waals surface area contributed by atoms with Crippen molar-refractivity contribution in [2.75, 3.05) is 24.5 Å². The average Bonchev–Trinajstić information content (AvgIpc) is 2.63. The van der Waals surface area contributed by atoms with Gasteiger partial charge in [0.15, 0.2) is 0 Å². The van der Waals surface area contributed by atoms with Gasteiger partial charge in [0.1, 0.15) is 5.82 Å². The van der Waals surface area contributed by atoms with Gasteiger partial charge in [-0.25, -0.2) is 4.98 Å². The topological polar surface area (TPSA) is 45.2 Å². The van der Waals surface area contributed by atoms with E-state index in [4.69, 9.17) is 0 Å². The van der Waals surface area contributed by atoms with Crippen LogP contribution in [0, 0.1) is 19.8 Å². The Hall–Kier alpha value is -2.36. The lowest BCUT2D eigenvalue weighted by Gasteiger charge is -2.32. The van der Waals surface area contributed by atoms with Crippen molar-refractivity contribution in [1.82, 2.24) is 10.3 Å². The number of hydrogen-bond acceptors (Lipinski definition) is 3. The van der Waals surface area contributed by atoms with Crippen LogP contribution in [0.15, 0.2) is 42.6 Å². The Labute approximate surface area is 143 Å². The van der Waals surface area contributed by atoms with Gasteiger partial charge in [-0.15, -0.1) is 0 Å². The van der Waals surface area contributed by atoms with E-state index in [-0.39, 0.29) is 5.91 Å². The molecule has 0 radical (unpaired) electrons. The first-order valence-corrected chi connectivity index (χ1v) is 8.65. The molecule has 4 heteroatoms. The van der Waals surface area contributed by atoms with Gasteiger partial charge in [-0.05, 0) is 68.0 Å². The number of aromatic nitrogens is 1. The fourth-order valence-corrected chi connectivity index (χ4v) is 3.13. The molecule has 1 aromatic heterocycles. The van der Waals surface area contributed by atoms with E-state index in [1.165, 1.54) is 5.56 Å². The van der Waals surface area contributed by atoms with Crippen molar-refractivity contribution >= 4 is 11.7 Å². The van der Waals surface area contributed by atoms with E-state index >= 15 is 0 Å². The van der Waals surface area contributed by atoms with Gasteiger partial charge in [0.2, 0.25) is 0 Å². The van der Waals surface area contributed by atoms with Crippen molar-refractivity contribution in [3.8, 4) is 0 Å². The van der Waals surface area contributed by atoms with Crippen LogP contribution in [0.1, 0.15) is 34.3 Å². The van der Waals surface area contributed by atoms with E-state index in [1.54, 1.807) is 0 Å². The molecule has 126 valence electrons. The van der Waals surface area contributed by atoms with E-state index in [1.807, 2.05) is 43.5 Å². The van der Waals surface area contributed by atoms with Crippen molar-refractivity contribution in [2.45, 2.75) is 26.7 Å². The molecule has 1 fully saturated rings. The normalized spacial score (nSPS) is 15.3. The first kappa shape index (κ1) is 16.5. The summed E-state index contributed by atoms with van der Waals surface area (Å²) in [6, 6.07) is 11.9. The number of nitrogens with one attached hydrogen (secondary N) is 1. The van der Waals surface area contributed by atoms with E-state index in [0.29, 0.717) is 5.92 Å². The van der Waals surface area contributed by atoms with Gasteiger partial charge >= 0.3 is 0 Å². The molecule has 0 unspecified atom stereocenters. The summed E-state index contributed by atoms with van der Waals surface area (Å²) in [7, 11) is 0. The van der Waals surface area contributed by atoms with Crippen LogP contribution in [0.2, 0.25) is 0 Å². The number of benzene rings is 1. The molecule has 0 bridgehead atoms. The van der Waals surface area contributed by atoms with Crippen LogP contribution in [0.25, 0.3) is 0 Å². The number of hydrogen-bond donors (Lipinski definition) is 1. The molecule has 0 spiro atoms. The number of carbonyl (C=O) groups excluding carboxylic acids is 1. The van der Waals surface area contributed by atoms with Crippen molar-refractivity contribution in [2.24, 2.45) is 5.92 Å². The van der Waals surface area contributed by atoms with Crippen molar-refractivity contribution < 1.29 is 4.79 Å². The number of piperidine rings is 1. The van der Waals surface area contributed by atoms with Gasteiger partial charge in [0.05, 0.1) is 0 Å². The highest BCUT2D eigenvalue weighted by molar-refractivity contribution is 5.94. The predicted molar refractivity (Wildman–Crippen MR) is 97.4 cm³/mol. The van der Waals surface area contributed by atoms with E-state index in [2.05, 4.69) is 28.2 Å². The molecule has 2 heterocycles. The number of pyridine rings is 1. The van der Waals surface area contributed by atoms with Gasteiger partial charge in [-0.2, -0.15) is 0 Å². The minimum atomic E-state index is 0.0326. The Kier molecular flexibility index (Phi) is 5.14. The Bertz CT molecular complexity index is 691. The molecule has 1 saturated heterocycles. The fraction of sp³-hybridized carbons (Fsp3) is 0.400. The highest BCUT2D eigenvalue weighted by atomic mass is 16.1. The largest absolute Gasteiger partial charge is 0.357 e. The highest BCUT2D eigenvalue weighted by Crippen LogP contribution is 2.21. The maximum Gasteiger partial charge on any atom is 0.251 e. The van der Waals surface area contributed by atoms with Crippen molar-refractivity contribution in [3.63, 3.8) is 0 Å². The number of carbonyl (C=O) groups is 1. The van der Waals surface area contributed by atoms with Crippen LogP contribution in [0.5, 0.6) is 0 Å². The quantitative estimate of drug-likeness (QED) is 0.938. The number of anilines is 1. The lowest BCUT2D eigenvalue weighted by molar-refractivity contribution is 0.0945. The molecule has 0 saturated carbocycles. The average molecular weight is 323 g/mol. The molecular formula is C20H25N3O. The first-order chi connectivity index (χ1) is 11.6. The summed E-state index contributed by atoms with van der Waals surface area (Å²) >= 11 is 0. The van der Waals surface area contributed by atoms with Crippen molar-refractivity contribution in [3.05, 3.63) is 59.3 Å². The Morgan fingerprint density at radius 3 is 2.62 bits per heavy atom. The summed E-state index contributed by atoms with van der Waals surface area (Å²) in [6.45, 7) is 6.86. The first-order valence-electron chi connectivity index (χ1n) is 8.65. The molecule has 4 nitrogen and oxygen atoms in total. The molecule has 1 aromatic carbocycles. The molecule has 0 atom stereocenters. The lowest BCUT2D eigenvalue weighted by Crippen LogP contribution is -2.39. The van der Waals surface area contributed by atoms with Crippen LogP contribution in [-0.4, -0.2) is 30.5 Å². The third-order valence-corrected chi connectivity index (χ3v) is 4.91. The molecule has 1 aliphatic heterocycles. The summed E-state index contributed by atoms with van der Waals surface area (Å²) in [6.07, 6.45) is 4.01. The number of nitrogens with zero attached hydrogens (tertiary/aromatic N) is 2. The molecule has 0 aliphatic carbocycles. The SMILES string of the molecule is Cc1ccc(C(=O)NCC2CCN(c3ccccn3)CC2)cc1C. The predicted octanol–water partition coefficient (Wildman–Crippen LogP) is 3.34. The summed E-state index contributed by atoms with van der Waals surface area (Å²) < 4.78 is 0. The van der Waals surface area contributed by atoms with Crippen LogP contribution >= 0.6 is 0 Å². The summed E-state index contributed by atoms with van der Waals surface area (Å²) in [5.74, 6) is 1.63. The third-order valence-electron chi connectivity index (χ3n) is 4.91. The maximum atomic E-state index is 12.3. The van der Waals surface area contributed by atoms with Gasteiger partial charge in [0.25, 0.3) is 5.91 Å². The monoisotopic (exact) mass is 323 g/mol. The second-order valence-electron chi connectivity index (χ2n) is 6.63. The molecular weight excluding hydrogens is 298 g/mol. The van der Waals surface area contributed by atoms with E-state index in [9.17, 15) is 4.79 Å². The summed E-state index contributed by atoms with van der Waals surface area (Å²) in [4.78, 5) is 19.0. The van der Waals surface area contributed by atoms with Crippen molar-refractivity contribution in [1.29, 1.82) is 0 Å². The third kappa shape index (κ3) is 3.94. The molecule has 2 aromatic rings. The van der Waals surface area contributed by atoms with Gasteiger partial charge < -0.3 is 10.2 Å². The molecule has 24 heavy (non-hydrogen) atoms. The Morgan fingerprint density at radius 2 is 1.96 bits per heavy atom. The molecule has 1 amide bonds. The van der Waals surface area contributed by atoms with E-state index in [0.717, 1.165) is 49.4 Å². The standard InChI is InChI=1S/C20H25N3O/c1-15-6-7-18(13-16(15)2)20(24)22-14-17-8-11-23(12-9-17)19-5-3-4-10-21-19/h3-7,10,13,17H,8-9,11-12,14H2,1-2H3,(H,22,24). The minimum Gasteiger partial charge on any atom is -0.357 e. The number of aryl methyl sites for hydroxylation is 2. The number of rotatable bonds is 4. The smallest absolute Gasteiger partial charge is 0.251 e. The Morgan fingerprint density at radius 1 is 1.17 bits per heavy atom. The van der Waals surface area contributed by atoms with E-state index < -0.39 is 0 Å². The summed E-state index contributed by atoms with van der Waals surface area (Å²) in [5, 5.41) is 3.10. The van der Waals surface area contributed by atoms with Crippen LogP contribution in [0.3, 0.4) is 0 Å². The minimum absolute atomic E-state index is 0.0326. The zero-order valence-corrected chi connectivity index (χ0v) is 14.5. The highest BCUT2D eigenvalue weighted by Gasteiger charge is 2.20. The Balaban J connectivity index is 1.48. The lowest BCUT2D eigenvalue weighted by atomic mass is 9.96. The number of amides is 1. The van der Waals surface area contributed by atoms with Crippen LogP contribution in [-0.2, 0) is 0 Å². The molecule has 1 N–H and O–H groups in total. The van der Waals surface area contributed by atoms with Gasteiger partial charge in [-0.1, -0.05) is 12.1 Å². The van der Waals surface area contributed by atoms with Crippen LogP contribution in [0.4, 0.5) is 5.82 Å². The zero-order valence-electron chi connectivity index (χ0n) is 14.5. The summed E-state index contributed by atoms with van der Waals surface area (Å²) in [5.41, 5.74) is 3.13. The maximum absolute atomic E-state index is 12.3. The second kappa shape index (κ2) is 7.47. The zero-order chi connectivity index (χ0) is 16.9. The fourth-order valence-electron chi connectivity index (χ4n) is 3.13. The van der Waals surface area contributed by atoms with Crippen LogP contribution < -0.4 is 10.2 Å². The molecule has 1 aliphatic rings. The van der Waals surface area contributed by atoms with Gasteiger partial charge in [0, 0.05) is 31.4 Å². The van der Waals surface area contributed by atoms with Gasteiger partial charge in [-0.3, -0.25) is 4.79 Å². The second-order valence-corrected chi connectivity index (χ2v) is 6.63.